The van der Waals surface area contributed by atoms with Crippen LogP contribution in [0.1, 0.15) is 35.2 Å². The Balaban J connectivity index is 1.45. The lowest BCUT2D eigenvalue weighted by Crippen LogP contribution is -2.41. The van der Waals surface area contributed by atoms with Crippen molar-refractivity contribution < 1.29 is 4.79 Å². The first-order valence-corrected chi connectivity index (χ1v) is 12.7. The fraction of sp³-hybridized carbons (Fsp3) is 0.357. The highest BCUT2D eigenvalue weighted by molar-refractivity contribution is 5.86. The molecule has 1 aromatic carbocycles. The van der Waals surface area contributed by atoms with Crippen LogP contribution in [-0.2, 0) is 24.2 Å². The van der Waals surface area contributed by atoms with Gasteiger partial charge in [-0.25, -0.2) is 4.98 Å². The minimum atomic E-state index is -0.213. The van der Waals surface area contributed by atoms with Crippen LogP contribution < -0.4 is 10.6 Å². The van der Waals surface area contributed by atoms with Gasteiger partial charge in [-0.2, -0.15) is 5.26 Å². The molecule has 0 atom stereocenters. The third-order valence-corrected chi connectivity index (χ3v) is 7.71. The first-order valence-electron chi connectivity index (χ1n) is 12.7. The second kappa shape index (κ2) is 9.25. The molecular weight excluding hydrogens is 450 g/mol. The molecule has 2 N–H and O–H groups in total. The molecule has 0 unspecified atom stereocenters. The number of imidazole rings is 1. The number of carbonyl (C=O) groups excluding carboxylic acids is 1. The minimum absolute atomic E-state index is 0.0830. The number of nitrogens with zero attached hydrogens (tertiary/aromatic N) is 6. The van der Waals surface area contributed by atoms with Gasteiger partial charge in [0.2, 0.25) is 5.91 Å². The number of hydrogen-bond acceptors (Lipinski definition) is 6. The van der Waals surface area contributed by atoms with Crippen molar-refractivity contribution in [2.75, 3.05) is 31.1 Å². The van der Waals surface area contributed by atoms with Gasteiger partial charge in [0, 0.05) is 62.5 Å². The molecule has 0 spiro atoms. The van der Waals surface area contributed by atoms with Gasteiger partial charge in [-0.1, -0.05) is 18.2 Å². The van der Waals surface area contributed by atoms with E-state index < -0.39 is 0 Å². The van der Waals surface area contributed by atoms with Crippen LogP contribution in [-0.4, -0.2) is 51.4 Å². The van der Waals surface area contributed by atoms with Crippen molar-refractivity contribution in [1.29, 1.82) is 5.26 Å². The minimum Gasteiger partial charge on any atom is -0.369 e. The van der Waals surface area contributed by atoms with E-state index in [0.29, 0.717) is 5.56 Å². The number of fused-ring (bicyclic) bond motifs is 4. The van der Waals surface area contributed by atoms with E-state index >= 15 is 0 Å². The lowest BCUT2D eigenvalue weighted by Gasteiger charge is -2.38. The molecule has 0 bridgehead atoms. The van der Waals surface area contributed by atoms with E-state index in [1.165, 1.54) is 5.56 Å². The number of rotatable bonds is 5. The zero-order valence-corrected chi connectivity index (χ0v) is 20.2. The van der Waals surface area contributed by atoms with Crippen molar-refractivity contribution in [2.45, 2.75) is 32.2 Å². The molecule has 2 aliphatic heterocycles. The second-order valence-electron chi connectivity index (χ2n) is 9.79. The molecule has 1 amide bonds. The van der Waals surface area contributed by atoms with Gasteiger partial charge in [-0.15, -0.1) is 0 Å². The molecule has 182 valence electrons. The number of hydrogen-bond donors (Lipinski definition) is 1. The van der Waals surface area contributed by atoms with Crippen LogP contribution >= 0.6 is 0 Å². The van der Waals surface area contributed by atoms with Crippen LogP contribution in [0, 0.1) is 17.2 Å². The molecule has 0 saturated carbocycles. The van der Waals surface area contributed by atoms with Gasteiger partial charge in [-0.3, -0.25) is 19.1 Å². The highest BCUT2D eigenvalue weighted by Gasteiger charge is 2.32. The SMILES string of the molecule is N#Cc1c2c(c(N3CCC(C(N)=O)CC3)n3c1nc1ccccc13)CN(CCc1ccccn1)CC2. The topological polar surface area (TPSA) is 104 Å². The lowest BCUT2D eigenvalue weighted by molar-refractivity contribution is -0.122. The fourth-order valence-corrected chi connectivity index (χ4v) is 5.81. The predicted octanol–water partition coefficient (Wildman–Crippen LogP) is 3.06. The van der Waals surface area contributed by atoms with Gasteiger partial charge in [0.05, 0.1) is 16.6 Å². The molecule has 0 radical (unpaired) electrons. The molecule has 8 heteroatoms. The summed E-state index contributed by atoms with van der Waals surface area (Å²) in [5.74, 6) is 0.814. The Morgan fingerprint density at radius 1 is 1.08 bits per heavy atom. The Labute approximate surface area is 210 Å². The number of piperidine rings is 1. The Hall–Kier alpha value is -3.96. The molecule has 1 saturated heterocycles. The second-order valence-corrected chi connectivity index (χ2v) is 9.79. The number of aromatic nitrogens is 3. The third-order valence-electron chi connectivity index (χ3n) is 7.71. The maximum atomic E-state index is 11.8. The normalized spacial score (nSPS) is 16.8. The summed E-state index contributed by atoms with van der Waals surface area (Å²) < 4.78 is 2.18. The van der Waals surface area contributed by atoms with Crippen molar-refractivity contribution in [3.63, 3.8) is 0 Å². The number of carbonyl (C=O) groups is 1. The summed E-state index contributed by atoms with van der Waals surface area (Å²) >= 11 is 0. The average molecular weight is 480 g/mol. The lowest BCUT2D eigenvalue weighted by atomic mass is 9.93. The number of primary amides is 1. The van der Waals surface area contributed by atoms with Crippen LogP contribution in [0.2, 0.25) is 0 Å². The van der Waals surface area contributed by atoms with Crippen molar-refractivity contribution in [3.8, 4) is 6.07 Å². The van der Waals surface area contributed by atoms with E-state index in [0.717, 1.165) is 92.2 Å². The smallest absolute Gasteiger partial charge is 0.220 e. The molecular formula is C28H29N7O. The summed E-state index contributed by atoms with van der Waals surface area (Å²) in [5.41, 5.74) is 12.3. The van der Waals surface area contributed by atoms with E-state index in [1.807, 2.05) is 36.5 Å². The number of nitrogens with two attached hydrogens (primary N) is 1. The summed E-state index contributed by atoms with van der Waals surface area (Å²) in [7, 11) is 0. The molecule has 2 aliphatic rings. The zero-order chi connectivity index (χ0) is 24.6. The number of benzene rings is 1. The largest absolute Gasteiger partial charge is 0.369 e. The number of nitriles is 1. The average Bonchev–Trinajstić information content (AvgIpc) is 3.30. The highest BCUT2D eigenvalue weighted by atomic mass is 16.1. The maximum absolute atomic E-state index is 11.8. The Morgan fingerprint density at radius 3 is 2.64 bits per heavy atom. The quantitative estimate of drug-likeness (QED) is 0.472. The molecule has 1 fully saturated rings. The summed E-state index contributed by atoms with van der Waals surface area (Å²) in [6, 6.07) is 16.6. The molecule has 5 heterocycles. The van der Waals surface area contributed by atoms with Crippen molar-refractivity contribution in [2.24, 2.45) is 11.7 Å². The summed E-state index contributed by atoms with van der Waals surface area (Å²) in [6.07, 6.45) is 5.01. The van der Waals surface area contributed by atoms with E-state index in [2.05, 4.69) is 37.4 Å². The van der Waals surface area contributed by atoms with Gasteiger partial charge in [0.1, 0.15) is 11.9 Å². The first kappa shape index (κ1) is 22.5. The van der Waals surface area contributed by atoms with Gasteiger partial charge < -0.3 is 10.6 Å². The van der Waals surface area contributed by atoms with Gasteiger partial charge in [-0.05, 0) is 49.1 Å². The van der Waals surface area contributed by atoms with Crippen molar-refractivity contribution in [1.82, 2.24) is 19.3 Å². The van der Waals surface area contributed by atoms with Crippen LogP contribution in [0.3, 0.4) is 0 Å². The van der Waals surface area contributed by atoms with Crippen molar-refractivity contribution >= 4 is 28.4 Å². The highest BCUT2D eigenvalue weighted by Crippen LogP contribution is 2.38. The molecule has 0 aliphatic carbocycles. The first-order chi connectivity index (χ1) is 17.6. The third kappa shape index (κ3) is 3.86. The monoisotopic (exact) mass is 479 g/mol. The van der Waals surface area contributed by atoms with Crippen LogP contribution in [0.25, 0.3) is 16.7 Å². The molecule has 6 rings (SSSR count). The maximum Gasteiger partial charge on any atom is 0.220 e. The number of pyridine rings is 2. The van der Waals surface area contributed by atoms with E-state index in [-0.39, 0.29) is 11.8 Å². The summed E-state index contributed by atoms with van der Waals surface area (Å²) in [4.78, 5) is 26.1. The molecule has 3 aromatic heterocycles. The summed E-state index contributed by atoms with van der Waals surface area (Å²) in [6.45, 7) is 4.08. The molecule has 8 nitrogen and oxygen atoms in total. The number of para-hydroxylation sites is 2. The Kier molecular flexibility index (Phi) is 5.78. The van der Waals surface area contributed by atoms with Gasteiger partial charge in [0.15, 0.2) is 5.65 Å². The Bertz CT molecular complexity index is 1480. The van der Waals surface area contributed by atoms with Crippen LogP contribution in [0.4, 0.5) is 5.82 Å². The fourth-order valence-electron chi connectivity index (χ4n) is 5.81. The Morgan fingerprint density at radius 2 is 1.89 bits per heavy atom. The molecule has 4 aromatic rings. The molecule has 36 heavy (non-hydrogen) atoms. The van der Waals surface area contributed by atoms with E-state index in [1.54, 1.807) is 0 Å². The predicted molar refractivity (Wildman–Crippen MR) is 138 cm³/mol. The van der Waals surface area contributed by atoms with Crippen molar-refractivity contribution in [3.05, 3.63) is 71.0 Å². The zero-order valence-electron chi connectivity index (χ0n) is 20.2. The van der Waals surface area contributed by atoms with Crippen LogP contribution in [0.5, 0.6) is 0 Å². The van der Waals surface area contributed by atoms with Crippen LogP contribution in [0.15, 0.2) is 48.7 Å². The van der Waals surface area contributed by atoms with E-state index in [9.17, 15) is 10.1 Å². The van der Waals surface area contributed by atoms with Gasteiger partial charge in [0.25, 0.3) is 0 Å². The van der Waals surface area contributed by atoms with Gasteiger partial charge >= 0.3 is 0 Å². The standard InChI is InChI=1S/C28H29N7O/c29-17-22-21-11-14-33(13-10-20-5-3-4-12-31-20)18-23(21)28(34-15-8-19(9-16-34)26(30)36)35-25-7-2-1-6-24(25)32-27(22)35/h1-7,12,19H,8-11,13-16,18H2,(H2,30,36). The summed E-state index contributed by atoms with van der Waals surface area (Å²) in [5, 5.41) is 10.2. The number of anilines is 1. The van der Waals surface area contributed by atoms with E-state index in [4.69, 9.17) is 10.7 Å². The number of amides is 1.